The maximum absolute atomic E-state index is 13.1. The van der Waals surface area contributed by atoms with Gasteiger partial charge in [-0.2, -0.15) is 0 Å². The summed E-state index contributed by atoms with van der Waals surface area (Å²) in [6.07, 6.45) is -4.04. The van der Waals surface area contributed by atoms with E-state index in [1.165, 1.54) is 0 Å². The van der Waals surface area contributed by atoms with Gasteiger partial charge in [-0.25, -0.2) is 26.3 Å². The van der Waals surface area contributed by atoms with E-state index in [9.17, 15) is 36.6 Å². The number of benzene rings is 4. The Kier molecular flexibility index (Phi) is 25.7. The normalized spacial score (nSPS) is 16.8. The summed E-state index contributed by atoms with van der Waals surface area (Å²) in [5.74, 6) is -2.15. The Morgan fingerprint density at radius 1 is 0.526 bits per heavy atom. The number of sulfonamides is 2. The average Bonchev–Trinajstić information content (AvgIpc) is 3.50. The van der Waals surface area contributed by atoms with Crippen LogP contribution in [0.25, 0.3) is 0 Å². The summed E-state index contributed by atoms with van der Waals surface area (Å²) in [6.45, 7) is 4.80. The number of nitrogens with one attached hydrogen (secondary N) is 4. The SMILES string of the molecule is CN1Cc2c(Cl)cc(Cl)cc2C(c2cccc(S(=O)(=O)NCCOCCOCCOCCNC(=O)C(O)C(O)C(=O)NCCOCCOCCOCCNS(=O)(=O)c3cccc([C@@H]4CN(C)Cc5c(Cl)cc(Cl)cc54)c3)c2)C1. The largest absolute Gasteiger partial charge is 0.380 e. The van der Waals surface area contributed by atoms with Gasteiger partial charge in [0.05, 0.1) is 89.1 Å². The minimum atomic E-state index is -3.82. The summed E-state index contributed by atoms with van der Waals surface area (Å²) in [5.41, 5.74) is 5.57. The summed E-state index contributed by atoms with van der Waals surface area (Å²) < 4.78 is 90.4. The molecular formula is C52H68Cl4N6O14S2. The van der Waals surface area contributed by atoms with Gasteiger partial charge >= 0.3 is 0 Å². The Labute approximate surface area is 476 Å². The molecule has 0 saturated carbocycles. The minimum Gasteiger partial charge on any atom is -0.380 e. The smallest absolute Gasteiger partial charge is 0.252 e. The van der Waals surface area contributed by atoms with E-state index in [2.05, 4.69) is 29.9 Å². The molecule has 4 aromatic carbocycles. The van der Waals surface area contributed by atoms with Crippen LogP contribution in [0.3, 0.4) is 0 Å². The Hall–Kier alpha value is -3.60. The number of aliphatic hydroxyl groups is 2. The van der Waals surface area contributed by atoms with Crippen LogP contribution in [0.5, 0.6) is 0 Å². The summed E-state index contributed by atoms with van der Waals surface area (Å²) >= 11 is 25.7. The molecule has 4 atom stereocenters. The van der Waals surface area contributed by atoms with E-state index in [4.69, 9.17) is 74.8 Å². The molecule has 2 heterocycles. The highest BCUT2D eigenvalue weighted by Gasteiger charge is 2.32. The molecule has 0 saturated heterocycles. The number of nitrogens with zero attached hydrogens (tertiary/aromatic N) is 2. The fourth-order valence-corrected chi connectivity index (χ4v) is 12.1. The first-order chi connectivity index (χ1) is 37.3. The summed E-state index contributed by atoms with van der Waals surface area (Å²) in [4.78, 5) is 29.1. The van der Waals surface area contributed by atoms with E-state index < -0.39 is 44.1 Å². The third kappa shape index (κ3) is 19.3. The lowest BCUT2D eigenvalue weighted by Crippen LogP contribution is -2.50. The first-order valence-corrected chi connectivity index (χ1v) is 29.7. The van der Waals surface area contributed by atoms with Crippen LogP contribution >= 0.6 is 46.4 Å². The van der Waals surface area contributed by atoms with Crippen LogP contribution in [0.1, 0.15) is 45.2 Å². The second-order valence-electron chi connectivity index (χ2n) is 18.5. The molecule has 2 aliphatic rings. The van der Waals surface area contributed by atoms with Gasteiger partial charge in [-0.1, -0.05) is 70.7 Å². The number of aliphatic hydroxyl groups excluding tert-OH is 2. The molecule has 6 N–H and O–H groups in total. The highest BCUT2D eigenvalue weighted by atomic mass is 35.5. The minimum absolute atomic E-state index is 0.00803. The van der Waals surface area contributed by atoms with E-state index in [0.717, 1.165) is 33.4 Å². The van der Waals surface area contributed by atoms with Gasteiger partial charge in [0.25, 0.3) is 11.8 Å². The second kappa shape index (κ2) is 31.6. The number of rotatable bonds is 33. The number of hydrogen-bond acceptors (Lipinski definition) is 16. The molecule has 3 unspecified atom stereocenters. The van der Waals surface area contributed by atoms with Crippen LogP contribution < -0.4 is 20.1 Å². The first kappa shape index (κ1) is 63.6. The molecule has 4 aromatic rings. The van der Waals surface area contributed by atoms with E-state index in [1.54, 1.807) is 48.5 Å². The van der Waals surface area contributed by atoms with Crippen molar-refractivity contribution in [1.82, 2.24) is 29.9 Å². The number of hydrogen-bond donors (Lipinski definition) is 6. The maximum atomic E-state index is 13.1. The zero-order valence-corrected chi connectivity index (χ0v) is 48.1. The number of halogens is 4. The van der Waals surface area contributed by atoms with Gasteiger partial charge in [0.1, 0.15) is 0 Å². The summed E-state index contributed by atoms with van der Waals surface area (Å²) in [5, 5.41) is 27.3. The quantitative estimate of drug-likeness (QED) is 0.0372. The maximum Gasteiger partial charge on any atom is 0.252 e. The van der Waals surface area contributed by atoms with Crippen molar-refractivity contribution in [2.45, 2.75) is 46.9 Å². The van der Waals surface area contributed by atoms with Gasteiger partial charge in [-0.3, -0.25) is 9.59 Å². The van der Waals surface area contributed by atoms with Gasteiger partial charge in [0.15, 0.2) is 12.2 Å². The van der Waals surface area contributed by atoms with Gasteiger partial charge in [0.2, 0.25) is 20.0 Å². The van der Waals surface area contributed by atoms with Crippen LogP contribution in [-0.4, -0.2) is 194 Å². The predicted molar refractivity (Wildman–Crippen MR) is 295 cm³/mol. The highest BCUT2D eigenvalue weighted by Crippen LogP contribution is 2.40. The Morgan fingerprint density at radius 3 is 1.22 bits per heavy atom. The van der Waals surface area contributed by atoms with Crippen LogP contribution in [0.15, 0.2) is 82.6 Å². The Balaban J connectivity index is 0.717. The molecule has 2 aliphatic heterocycles. The Morgan fingerprint density at radius 2 is 0.859 bits per heavy atom. The van der Waals surface area contributed by atoms with E-state index in [0.29, 0.717) is 46.3 Å². The average molecular weight is 1210 g/mol. The molecule has 0 fully saturated rings. The van der Waals surface area contributed by atoms with Crippen LogP contribution in [0.4, 0.5) is 0 Å². The summed E-state index contributed by atoms with van der Waals surface area (Å²) in [7, 11) is -3.67. The van der Waals surface area contributed by atoms with Crippen molar-refractivity contribution in [2.24, 2.45) is 0 Å². The third-order valence-corrected chi connectivity index (χ3v) is 16.6. The lowest BCUT2D eigenvalue weighted by atomic mass is 9.85. The summed E-state index contributed by atoms with van der Waals surface area (Å²) in [6, 6.07) is 20.9. The molecule has 78 heavy (non-hydrogen) atoms. The van der Waals surface area contributed by atoms with E-state index >= 15 is 0 Å². The standard InChI is InChI=1S/C52H68Cl4N6O14S2/c1-61-31-43(41-27-37(53)29-47(55)45(41)33-61)35-5-3-7-39(25-35)77(67,68)59-11-15-73-19-23-75-21-17-71-13-9-57-51(65)49(63)50(64)52(66)58-10-14-72-18-22-76-24-20-74-16-12-60-78(69,70)40-8-4-6-36(26-40)44-32-62(2)34-46-42(44)28-38(54)30-48(46)56/h3-8,25-30,43-44,49-50,59-60,63-64H,9-24,31-34H2,1-2H3,(H,57,65)(H,58,66)/t43-,44?,49?,50?/m0/s1. The number of carbonyl (C=O) groups excluding carboxylic acids is 2. The number of ether oxygens (including phenoxy) is 6. The molecule has 26 heteroatoms. The van der Waals surface area contributed by atoms with Crippen molar-refractivity contribution >= 4 is 78.3 Å². The number of fused-ring (bicyclic) bond motifs is 2. The zero-order valence-electron chi connectivity index (χ0n) is 43.4. The molecule has 430 valence electrons. The Bertz CT molecular complexity index is 2650. The lowest BCUT2D eigenvalue weighted by Gasteiger charge is -2.33. The first-order valence-electron chi connectivity index (χ1n) is 25.2. The van der Waals surface area contributed by atoms with E-state index in [-0.39, 0.29) is 127 Å². The van der Waals surface area contributed by atoms with Crippen molar-refractivity contribution in [3.8, 4) is 0 Å². The van der Waals surface area contributed by atoms with Gasteiger partial charge < -0.3 is 59.1 Å². The monoisotopic (exact) mass is 1200 g/mol. The van der Waals surface area contributed by atoms with Gasteiger partial charge in [-0.15, -0.1) is 0 Å². The molecule has 0 bridgehead atoms. The number of amides is 2. The lowest BCUT2D eigenvalue weighted by molar-refractivity contribution is -0.146. The second-order valence-corrected chi connectivity index (χ2v) is 23.7. The van der Waals surface area contributed by atoms with Crippen molar-refractivity contribution < 1.29 is 65.1 Å². The molecule has 0 spiro atoms. The van der Waals surface area contributed by atoms with Crippen molar-refractivity contribution in [2.75, 3.05) is 133 Å². The van der Waals surface area contributed by atoms with E-state index in [1.807, 2.05) is 38.4 Å². The molecular weight excluding hydrogens is 1140 g/mol. The predicted octanol–water partition coefficient (Wildman–Crippen LogP) is 3.77. The molecule has 20 nitrogen and oxygen atoms in total. The van der Waals surface area contributed by atoms with Crippen LogP contribution in [0.2, 0.25) is 20.1 Å². The van der Waals surface area contributed by atoms with Crippen LogP contribution in [0, 0.1) is 0 Å². The van der Waals surface area contributed by atoms with Gasteiger partial charge in [-0.05, 0) is 96.0 Å². The topological polar surface area (TPSA) is 253 Å². The molecule has 0 aromatic heterocycles. The molecule has 0 aliphatic carbocycles. The highest BCUT2D eigenvalue weighted by molar-refractivity contribution is 7.89. The van der Waals surface area contributed by atoms with Crippen LogP contribution in [-0.2, 0) is 71.1 Å². The third-order valence-electron chi connectivity index (χ3n) is 12.6. The van der Waals surface area contributed by atoms with Crippen molar-refractivity contribution in [1.29, 1.82) is 0 Å². The zero-order chi connectivity index (χ0) is 56.2. The number of carbonyl (C=O) groups is 2. The fourth-order valence-electron chi connectivity index (χ4n) is 8.79. The number of likely N-dealkylation sites (N-methyl/N-ethyl adjacent to an activating group) is 2. The molecule has 6 rings (SSSR count). The van der Waals surface area contributed by atoms with Gasteiger partial charge in [0, 0.05) is 84.3 Å². The fraction of sp³-hybridized carbons (Fsp3) is 0.500. The van der Waals surface area contributed by atoms with Crippen molar-refractivity contribution in [3.05, 3.63) is 126 Å². The molecule has 0 radical (unpaired) electrons. The molecule has 2 amide bonds. The van der Waals surface area contributed by atoms with Crippen molar-refractivity contribution in [3.63, 3.8) is 0 Å².